The molecule has 0 aromatic carbocycles. The number of nitrogens with one attached hydrogen (secondary N) is 2. The average Bonchev–Trinajstić information content (AvgIpc) is 3.07. The van der Waals surface area contributed by atoms with E-state index in [9.17, 15) is 9.59 Å². The molecule has 2 unspecified atom stereocenters. The Morgan fingerprint density at radius 2 is 2.30 bits per heavy atom. The lowest BCUT2D eigenvalue weighted by atomic mass is 9.88. The van der Waals surface area contributed by atoms with Gasteiger partial charge in [-0.25, -0.2) is 0 Å². The average molecular weight is 331 g/mol. The Balaban J connectivity index is 1.67. The molecule has 2 aromatic heterocycles. The van der Waals surface area contributed by atoms with Gasteiger partial charge in [0.1, 0.15) is 0 Å². The van der Waals surface area contributed by atoms with Crippen molar-refractivity contribution in [3.63, 3.8) is 0 Å². The van der Waals surface area contributed by atoms with E-state index < -0.39 is 0 Å². The van der Waals surface area contributed by atoms with Crippen LogP contribution in [0.25, 0.3) is 0 Å². The number of carbonyl (C=O) groups is 1. The Morgan fingerprint density at radius 3 is 3.00 bits per heavy atom. The number of pyridine rings is 1. The van der Waals surface area contributed by atoms with Gasteiger partial charge in [-0.15, -0.1) is 11.3 Å². The molecule has 23 heavy (non-hydrogen) atoms. The summed E-state index contributed by atoms with van der Waals surface area (Å²) in [6, 6.07) is 7.54. The molecule has 0 aliphatic carbocycles. The molecule has 5 nitrogen and oxygen atoms in total. The van der Waals surface area contributed by atoms with Crippen molar-refractivity contribution in [3.8, 4) is 0 Å². The van der Waals surface area contributed by atoms with Crippen LogP contribution in [-0.4, -0.2) is 35.9 Å². The SMILES string of the molecule is CN1CCCC(CNC(=O)c2ccc(=O)[nH]c2)C1c1cccs1. The number of rotatable bonds is 4. The number of likely N-dealkylation sites (tertiary alicyclic amines) is 1. The Hall–Kier alpha value is -1.92. The predicted molar refractivity (Wildman–Crippen MR) is 91.8 cm³/mol. The second kappa shape index (κ2) is 7.10. The Bertz CT molecular complexity index is 690. The molecule has 122 valence electrons. The standard InChI is InChI=1S/C17H21N3O2S/c1-20-8-2-4-12(16(20)14-5-3-9-23-14)10-19-17(22)13-6-7-15(21)18-11-13/h3,5-7,9,11-12,16H,2,4,8,10H2,1H3,(H,18,21)(H,19,22). The zero-order valence-corrected chi connectivity index (χ0v) is 13.9. The van der Waals surface area contributed by atoms with Crippen LogP contribution in [0.4, 0.5) is 0 Å². The summed E-state index contributed by atoms with van der Waals surface area (Å²) in [6.45, 7) is 1.73. The van der Waals surface area contributed by atoms with Crippen molar-refractivity contribution in [3.05, 3.63) is 56.6 Å². The van der Waals surface area contributed by atoms with Gasteiger partial charge in [-0.05, 0) is 49.9 Å². The van der Waals surface area contributed by atoms with E-state index in [1.165, 1.54) is 17.1 Å². The highest BCUT2D eigenvalue weighted by molar-refractivity contribution is 7.10. The largest absolute Gasteiger partial charge is 0.352 e. The van der Waals surface area contributed by atoms with Crippen LogP contribution in [0, 0.1) is 5.92 Å². The molecular formula is C17H21N3O2S. The summed E-state index contributed by atoms with van der Waals surface area (Å²) in [5.41, 5.74) is 0.287. The molecular weight excluding hydrogens is 310 g/mol. The minimum atomic E-state index is -0.201. The predicted octanol–water partition coefficient (Wildman–Crippen LogP) is 2.25. The zero-order chi connectivity index (χ0) is 16.2. The first-order chi connectivity index (χ1) is 11.1. The van der Waals surface area contributed by atoms with E-state index in [0.717, 1.165) is 19.4 Å². The quantitative estimate of drug-likeness (QED) is 0.903. The normalized spacial score (nSPS) is 22.0. The summed E-state index contributed by atoms with van der Waals surface area (Å²) in [5.74, 6) is 0.263. The first-order valence-corrected chi connectivity index (χ1v) is 8.73. The molecule has 2 atom stereocenters. The summed E-state index contributed by atoms with van der Waals surface area (Å²) in [7, 11) is 2.15. The summed E-state index contributed by atoms with van der Waals surface area (Å²) >= 11 is 1.78. The van der Waals surface area contributed by atoms with Gasteiger partial charge >= 0.3 is 0 Å². The van der Waals surface area contributed by atoms with Gasteiger partial charge in [0.25, 0.3) is 5.91 Å². The van der Waals surface area contributed by atoms with Crippen LogP contribution in [0.1, 0.15) is 34.1 Å². The van der Waals surface area contributed by atoms with Crippen molar-refractivity contribution in [1.29, 1.82) is 0 Å². The van der Waals surface area contributed by atoms with Gasteiger partial charge in [0.05, 0.1) is 5.56 Å². The van der Waals surface area contributed by atoms with Gasteiger partial charge in [0, 0.05) is 29.7 Å². The van der Waals surface area contributed by atoms with Gasteiger partial charge in [-0.3, -0.25) is 14.5 Å². The fourth-order valence-electron chi connectivity index (χ4n) is 3.26. The molecule has 2 aromatic rings. The number of nitrogens with zero attached hydrogens (tertiary/aromatic N) is 1. The van der Waals surface area contributed by atoms with Crippen molar-refractivity contribution in [2.24, 2.45) is 5.92 Å². The minimum absolute atomic E-state index is 0.139. The van der Waals surface area contributed by atoms with E-state index >= 15 is 0 Å². The van der Waals surface area contributed by atoms with E-state index in [-0.39, 0.29) is 11.5 Å². The third kappa shape index (κ3) is 3.71. The number of hydrogen-bond donors (Lipinski definition) is 2. The number of hydrogen-bond acceptors (Lipinski definition) is 4. The Kier molecular flexibility index (Phi) is 4.93. The molecule has 0 bridgehead atoms. The molecule has 0 spiro atoms. The van der Waals surface area contributed by atoms with Crippen molar-refractivity contribution in [2.75, 3.05) is 20.1 Å². The van der Waals surface area contributed by atoms with Crippen molar-refractivity contribution < 1.29 is 4.79 Å². The van der Waals surface area contributed by atoms with Gasteiger partial charge in [0.2, 0.25) is 5.56 Å². The van der Waals surface area contributed by atoms with Crippen molar-refractivity contribution >= 4 is 17.2 Å². The van der Waals surface area contributed by atoms with Crippen LogP contribution >= 0.6 is 11.3 Å². The lowest BCUT2D eigenvalue weighted by molar-refractivity contribution is 0.0895. The van der Waals surface area contributed by atoms with Crippen LogP contribution < -0.4 is 10.9 Å². The highest BCUT2D eigenvalue weighted by Gasteiger charge is 2.31. The van der Waals surface area contributed by atoms with Gasteiger partial charge in [-0.2, -0.15) is 0 Å². The molecule has 0 saturated carbocycles. The first kappa shape index (κ1) is 16.0. The van der Waals surface area contributed by atoms with Gasteiger partial charge in [-0.1, -0.05) is 6.07 Å². The van der Waals surface area contributed by atoms with Crippen molar-refractivity contribution in [1.82, 2.24) is 15.2 Å². The topological polar surface area (TPSA) is 65.2 Å². The third-order valence-corrected chi connectivity index (χ3v) is 5.36. The summed E-state index contributed by atoms with van der Waals surface area (Å²) in [6.07, 6.45) is 3.72. The second-order valence-corrected chi connectivity index (χ2v) is 6.97. The molecule has 3 rings (SSSR count). The van der Waals surface area contributed by atoms with Gasteiger partial charge in [0.15, 0.2) is 0 Å². The van der Waals surface area contributed by atoms with Crippen LogP contribution in [0.15, 0.2) is 40.6 Å². The van der Waals surface area contributed by atoms with E-state index in [1.54, 1.807) is 17.4 Å². The third-order valence-electron chi connectivity index (χ3n) is 4.41. The van der Waals surface area contributed by atoms with E-state index in [1.807, 2.05) is 0 Å². The molecule has 1 amide bonds. The summed E-state index contributed by atoms with van der Waals surface area (Å²) in [4.78, 5) is 29.6. The number of aromatic nitrogens is 1. The summed E-state index contributed by atoms with van der Waals surface area (Å²) in [5, 5.41) is 5.12. The fraction of sp³-hybridized carbons (Fsp3) is 0.412. The number of H-pyrrole nitrogens is 1. The van der Waals surface area contributed by atoms with E-state index in [4.69, 9.17) is 0 Å². The maximum atomic E-state index is 12.2. The van der Waals surface area contributed by atoms with E-state index in [2.05, 4.69) is 39.8 Å². The smallest absolute Gasteiger partial charge is 0.252 e. The molecule has 6 heteroatoms. The molecule has 1 aliphatic rings. The Morgan fingerprint density at radius 1 is 1.43 bits per heavy atom. The molecule has 3 heterocycles. The molecule has 0 radical (unpaired) electrons. The molecule has 1 fully saturated rings. The number of amides is 1. The number of piperidine rings is 1. The molecule has 1 aliphatic heterocycles. The monoisotopic (exact) mass is 331 g/mol. The van der Waals surface area contributed by atoms with Crippen molar-refractivity contribution in [2.45, 2.75) is 18.9 Å². The fourth-order valence-corrected chi connectivity index (χ4v) is 4.24. The molecule has 1 saturated heterocycles. The van der Waals surface area contributed by atoms with E-state index in [0.29, 0.717) is 24.1 Å². The molecule has 2 N–H and O–H groups in total. The number of carbonyl (C=O) groups excluding carboxylic acids is 1. The lowest BCUT2D eigenvalue weighted by Gasteiger charge is -2.38. The maximum Gasteiger partial charge on any atom is 0.252 e. The highest BCUT2D eigenvalue weighted by Crippen LogP contribution is 2.36. The maximum absolute atomic E-state index is 12.2. The first-order valence-electron chi connectivity index (χ1n) is 7.86. The number of thiophene rings is 1. The lowest BCUT2D eigenvalue weighted by Crippen LogP contribution is -2.41. The number of aromatic amines is 1. The van der Waals surface area contributed by atoms with Crippen LogP contribution in [0.3, 0.4) is 0 Å². The van der Waals surface area contributed by atoms with Crippen LogP contribution in [0.2, 0.25) is 0 Å². The Labute approximate surface area is 139 Å². The van der Waals surface area contributed by atoms with Crippen LogP contribution in [0.5, 0.6) is 0 Å². The van der Waals surface area contributed by atoms with Crippen LogP contribution in [-0.2, 0) is 0 Å². The second-order valence-electron chi connectivity index (χ2n) is 5.99. The summed E-state index contributed by atoms with van der Waals surface area (Å²) < 4.78 is 0. The van der Waals surface area contributed by atoms with Gasteiger partial charge < -0.3 is 10.3 Å². The zero-order valence-electron chi connectivity index (χ0n) is 13.1. The highest BCUT2D eigenvalue weighted by atomic mass is 32.1. The minimum Gasteiger partial charge on any atom is -0.352 e.